The Morgan fingerprint density at radius 1 is 1.04 bits per heavy atom. The summed E-state index contributed by atoms with van der Waals surface area (Å²) in [6, 6.07) is 12.0. The van der Waals surface area contributed by atoms with Crippen LogP contribution >= 0.6 is 11.3 Å². The van der Waals surface area contributed by atoms with Crippen LogP contribution in [0.1, 0.15) is 26.5 Å². The van der Waals surface area contributed by atoms with E-state index in [0.717, 1.165) is 22.4 Å². The highest BCUT2D eigenvalue weighted by atomic mass is 32.1. The number of nitrogens with zero attached hydrogens (tertiary/aromatic N) is 1. The van der Waals surface area contributed by atoms with Gasteiger partial charge in [0.05, 0.1) is 5.69 Å². The number of aryl methyl sites for hydroxylation is 3. The van der Waals surface area contributed by atoms with Crippen LogP contribution in [0.3, 0.4) is 0 Å². The monoisotopic (exact) mass is 340 g/mol. The van der Waals surface area contributed by atoms with Crippen LogP contribution in [0.25, 0.3) is 10.6 Å². The van der Waals surface area contributed by atoms with Crippen LogP contribution in [-0.2, 0) is 0 Å². The van der Waals surface area contributed by atoms with Crippen LogP contribution in [0.2, 0.25) is 0 Å². The number of carbonyl (C=O) groups is 1. The largest absolute Gasteiger partial charge is 0.321 e. The summed E-state index contributed by atoms with van der Waals surface area (Å²) in [6.45, 7) is 5.74. The fourth-order valence-corrected chi connectivity index (χ4v) is 3.47. The minimum absolute atomic E-state index is 0.171. The van der Waals surface area contributed by atoms with Gasteiger partial charge in [0.1, 0.15) is 15.7 Å². The number of rotatable bonds is 3. The summed E-state index contributed by atoms with van der Waals surface area (Å²) < 4.78 is 13.1. The third-order valence-corrected chi connectivity index (χ3v) is 5.02. The first kappa shape index (κ1) is 16.3. The molecule has 1 N–H and O–H groups in total. The van der Waals surface area contributed by atoms with Gasteiger partial charge in [-0.3, -0.25) is 4.79 Å². The number of benzene rings is 2. The minimum atomic E-state index is -0.292. The van der Waals surface area contributed by atoms with Crippen molar-refractivity contribution in [3.8, 4) is 10.6 Å². The highest BCUT2D eigenvalue weighted by molar-refractivity contribution is 7.17. The average Bonchev–Trinajstić information content (AvgIpc) is 2.93. The van der Waals surface area contributed by atoms with E-state index in [4.69, 9.17) is 0 Å². The van der Waals surface area contributed by atoms with Gasteiger partial charge in [-0.2, -0.15) is 0 Å². The molecule has 0 unspecified atom stereocenters. The molecule has 2 aromatic carbocycles. The van der Waals surface area contributed by atoms with Crippen molar-refractivity contribution < 1.29 is 9.18 Å². The van der Waals surface area contributed by atoms with Crippen molar-refractivity contribution in [1.82, 2.24) is 4.98 Å². The fraction of sp³-hybridized carbons (Fsp3) is 0.158. The number of hydrogen-bond acceptors (Lipinski definition) is 3. The maximum atomic E-state index is 13.1. The van der Waals surface area contributed by atoms with Gasteiger partial charge in [0.15, 0.2) is 0 Å². The molecule has 3 aromatic rings. The van der Waals surface area contributed by atoms with Crippen LogP contribution in [-0.4, -0.2) is 10.9 Å². The molecule has 0 bridgehead atoms. The van der Waals surface area contributed by atoms with Crippen LogP contribution in [0.4, 0.5) is 10.1 Å². The van der Waals surface area contributed by atoms with E-state index >= 15 is 0 Å². The molecule has 3 nitrogen and oxygen atoms in total. The Labute approximate surface area is 144 Å². The molecule has 1 heterocycles. The summed E-state index contributed by atoms with van der Waals surface area (Å²) >= 11 is 1.31. The second-order valence-electron chi connectivity index (χ2n) is 5.66. The summed E-state index contributed by atoms with van der Waals surface area (Å²) in [5.41, 5.74) is 4.34. The van der Waals surface area contributed by atoms with Crippen molar-refractivity contribution >= 4 is 22.9 Å². The van der Waals surface area contributed by atoms with E-state index < -0.39 is 0 Å². The Morgan fingerprint density at radius 2 is 1.67 bits per heavy atom. The van der Waals surface area contributed by atoms with E-state index in [1.54, 1.807) is 12.1 Å². The third kappa shape index (κ3) is 3.21. The van der Waals surface area contributed by atoms with Crippen molar-refractivity contribution in [2.45, 2.75) is 20.8 Å². The number of aromatic nitrogens is 1. The molecule has 122 valence electrons. The second kappa shape index (κ2) is 6.53. The van der Waals surface area contributed by atoms with E-state index in [1.165, 1.54) is 23.5 Å². The molecule has 0 atom stereocenters. The molecular formula is C19H17FN2OS. The molecule has 0 saturated heterocycles. The number of hydrogen-bond donors (Lipinski definition) is 1. The average molecular weight is 340 g/mol. The molecule has 0 aliphatic heterocycles. The lowest BCUT2D eigenvalue weighted by Gasteiger charge is -2.10. The van der Waals surface area contributed by atoms with Gasteiger partial charge in [-0.05, 0) is 56.2 Å². The molecule has 0 spiro atoms. The molecule has 3 rings (SSSR count). The lowest BCUT2D eigenvalue weighted by atomic mass is 10.1. The topological polar surface area (TPSA) is 42.0 Å². The molecule has 1 aromatic heterocycles. The molecular weight excluding hydrogens is 323 g/mol. The molecule has 0 aliphatic rings. The zero-order chi connectivity index (χ0) is 17.3. The van der Waals surface area contributed by atoms with Crippen LogP contribution in [0.5, 0.6) is 0 Å². The normalized spacial score (nSPS) is 10.7. The molecule has 0 aliphatic carbocycles. The number of carbonyl (C=O) groups excluding carboxylic acids is 1. The summed E-state index contributed by atoms with van der Waals surface area (Å²) in [5.74, 6) is -0.462. The van der Waals surface area contributed by atoms with Gasteiger partial charge < -0.3 is 5.32 Å². The highest BCUT2D eigenvalue weighted by Crippen LogP contribution is 2.29. The van der Waals surface area contributed by atoms with Gasteiger partial charge in [0.2, 0.25) is 0 Å². The molecule has 5 heteroatoms. The first-order chi connectivity index (χ1) is 11.5. The summed E-state index contributed by atoms with van der Waals surface area (Å²) in [6.07, 6.45) is 0. The van der Waals surface area contributed by atoms with Crippen molar-refractivity contribution in [2.24, 2.45) is 0 Å². The number of nitrogens with one attached hydrogen (secondary N) is 1. The minimum Gasteiger partial charge on any atom is -0.321 e. The van der Waals surface area contributed by atoms with Crippen LogP contribution in [0.15, 0.2) is 42.5 Å². The molecule has 24 heavy (non-hydrogen) atoms. The van der Waals surface area contributed by atoms with E-state index in [9.17, 15) is 9.18 Å². The van der Waals surface area contributed by atoms with Crippen molar-refractivity contribution in [1.29, 1.82) is 0 Å². The predicted molar refractivity (Wildman–Crippen MR) is 96.1 cm³/mol. The highest BCUT2D eigenvalue weighted by Gasteiger charge is 2.17. The van der Waals surface area contributed by atoms with Gasteiger partial charge in [-0.15, -0.1) is 11.3 Å². The van der Waals surface area contributed by atoms with Crippen LogP contribution in [0, 0.1) is 26.6 Å². The predicted octanol–water partition coefficient (Wildman–Crippen LogP) is 5.13. The van der Waals surface area contributed by atoms with Crippen molar-refractivity contribution in [3.63, 3.8) is 0 Å². The van der Waals surface area contributed by atoms with Gasteiger partial charge in [0, 0.05) is 11.3 Å². The van der Waals surface area contributed by atoms with Crippen molar-refractivity contribution in [3.05, 3.63) is 70.0 Å². The zero-order valence-electron chi connectivity index (χ0n) is 13.7. The van der Waals surface area contributed by atoms with Gasteiger partial charge in [-0.25, -0.2) is 9.37 Å². The Bertz CT molecular complexity index is 880. The van der Waals surface area contributed by atoms with E-state index in [-0.39, 0.29) is 11.7 Å². The summed E-state index contributed by atoms with van der Waals surface area (Å²) in [4.78, 5) is 17.7. The maximum Gasteiger partial charge on any atom is 0.267 e. The van der Waals surface area contributed by atoms with E-state index in [2.05, 4.69) is 10.3 Å². The number of halogens is 1. The number of thiazole rings is 1. The fourth-order valence-electron chi connectivity index (χ4n) is 2.50. The first-order valence-corrected chi connectivity index (χ1v) is 8.38. The number of anilines is 1. The van der Waals surface area contributed by atoms with Gasteiger partial charge >= 0.3 is 0 Å². The van der Waals surface area contributed by atoms with Crippen molar-refractivity contribution in [2.75, 3.05) is 5.32 Å². The number of amides is 1. The van der Waals surface area contributed by atoms with E-state index in [1.807, 2.05) is 39.0 Å². The summed E-state index contributed by atoms with van der Waals surface area (Å²) in [7, 11) is 0. The standard InChI is InChI=1S/C19H17FN2OS/c1-11-5-4-6-12(2)16(11)22-18(23)17-13(3)21-19(24-17)14-7-9-15(20)10-8-14/h4-10H,1-3H3,(H,22,23). The Morgan fingerprint density at radius 3 is 2.29 bits per heavy atom. The second-order valence-corrected chi connectivity index (χ2v) is 6.66. The maximum absolute atomic E-state index is 13.1. The molecule has 1 amide bonds. The zero-order valence-corrected chi connectivity index (χ0v) is 14.5. The lowest BCUT2D eigenvalue weighted by molar-refractivity contribution is 0.102. The lowest BCUT2D eigenvalue weighted by Crippen LogP contribution is -2.13. The Hall–Kier alpha value is -2.53. The third-order valence-electron chi connectivity index (χ3n) is 3.81. The van der Waals surface area contributed by atoms with Gasteiger partial charge in [-0.1, -0.05) is 18.2 Å². The molecule has 0 radical (unpaired) electrons. The number of para-hydroxylation sites is 1. The Balaban J connectivity index is 1.90. The molecule has 0 fully saturated rings. The quantitative estimate of drug-likeness (QED) is 0.718. The SMILES string of the molecule is Cc1cccc(C)c1NC(=O)c1sc(-c2ccc(F)cc2)nc1C. The van der Waals surface area contributed by atoms with Gasteiger partial charge in [0.25, 0.3) is 5.91 Å². The van der Waals surface area contributed by atoms with E-state index in [0.29, 0.717) is 15.6 Å². The Kier molecular flexibility index (Phi) is 4.44. The first-order valence-electron chi connectivity index (χ1n) is 7.56. The van der Waals surface area contributed by atoms with Crippen LogP contribution < -0.4 is 5.32 Å². The molecule has 0 saturated carbocycles. The summed E-state index contributed by atoms with van der Waals surface area (Å²) in [5, 5.41) is 3.69. The smallest absolute Gasteiger partial charge is 0.267 e.